The van der Waals surface area contributed by atoms with E-state index in [9.17, 15) is 4.79 Å². The molecule has 0 fully saturated rings. The van der Waals surface area contributed by atoms with Crippen molar-refractivity contribution in [1.82, 2.24) is 4.90 Å². The number of carbonyl (C=O) groups excluding carboxylic acids is 1. The van der Waals surface area contributed by atoms with Crippen LogP contribution in [0, 0.1) is 0 Å². The Labute approximate surface area is 96.3 Å². The first kappa shape index (κ1) is 12.3. The lowest BCUT2D eigenvalue weighted by Crippen LogP contribution is -2.22. The summed E-state index contributed by atoms with van der Waals surface area (Å²) in [6.45, 7) is 6.11. The molecule has 86 valence electrons. The van der Waals surface area contributed by atoms with Crippen molar-refractivity contribution in [2.75, 3.05) is 14.1 Å². The van der Waals surface area contributed by atoms with Crippen molar-refractivity contribution in [2.45, 2.75) is 13.5 Å². The van der Waals surface area contributed by atoms with Crippen LogP contribution in [0.4, 0.5) is 4.79 Å². The average Bonchev–Trinajstić information content (AvgIpc) is 2.26. The second kappa shape index (κ2) is 5.35. The van der Waals surface area contributed by atoms with Crippen LogP contribution >= 0.6 is 0 Å². The van der Waals surface area contributed by atoms with Gasteiger partial charge < -0.3 is 9.64 Å². The van der Waals surface area contributed by atoms with E-state index >= 15 is 0 Å². The number of carbonyl (C=O) groups is 1. The minimum atomic E-state index is -0.333. The number of rotatable bonds is 3. The molecule has 1 rings (SSSR count). The zero-order valence-corrected chi connectivity index (χ0v) is 9.99. The van der Waals surface area contributed by atoms with Crippen molar-refractivity contribution >= 4 is 11.7 Å². The lowest BCUT2D eigenvalue weighted by atomic mass is 10.1. The molecule has 1 amide bonds. The van der Waals surface area contributed by atoms with Gasteiger partial charge in [-0.2, -0.15) is 0 Å². The van der Waals surface area contributed by atoms with E-state index in [-0.39, 0.29) is 12.7 Å². The number of ether oxygens (including phenoxy) is 1. The van der Waals surface area contributed by atoms with Gasteiger partial charge in [-0.05, 0) is 24.1 Å². The van der Waals surface area contributed by atoms with Gasteiger partial charge in [0.1, 0.15) is 6.61 Å². The number of allylic oxidation sites excluding steroid dienone is 1. The molecule has 0 aliphatic carbocycles. The molecular formula is C13H17NO2. The summed E-state index contributed by atoms with van der Waals surface area (Å²) in [4.78, 5) is 12.6. The first-order valence-electron chi connectivity index (χ1n) is 5.09. The van der Waals surface area contributed by atoms with Crippen molar-refractivity contribution in [3.05, 3.63) is 42.0 Å². The number of amides is 1. The number of hydrogen-bond donors (Lipinski definition) is 0. The maximum absolute atomic E-state index is 11.2. The molecule has 0 radical (unpaired) electrons. The second-order valence-corrected chi connectivity index (χ2v) is 3.93. The van der Waals surface area contributed by atoms with Crippen molar-refractivity contribution < 1.29 is 9.53 Å². The maximum Gasteiger partial charge on any atom is 0.409 e. The SMILES string of the molecule is C=C(C)c1cccc(COC(=O)N(C)C)c1. The molecule has 0 N–H and O–H groups in total. The van der Waals surface area contributed by atoms with Gasteiger partial charge in [0, 0.05) is 14.1 Å². The summed E-state index contributed by atoms with van der Waals surface area (Å²) < 4.78 is 5.08. The predicted molar refractivity (Wildman–Crippen MR) is 65.0 cm³/mol. The van der Waals surface area contributed by atoms with E-state index in [4.69, 9.17) is 4.74 Å². The fraction of sp³-hybridized carbons (Fsp3) is 0.308. The highest BCUT2D eigenvalue weighted by molar-refractivity contribution is 5.67. The largest absolute Gasteiger partial charge is 0.445 e. The Morgan fingerprint density at radius 3 is 2.69 bits per heavy atom. The molecule has 0 heterocycles. The minimum absolute atomic E-state index is 0.290. The highest BCUT2D eigenvalue weighted by atomic mass is 16.6. The van der Waals surface area contributed by atoms with E-state index in [1.807, 2.05) is 31.2 Å². The molecule has 0 spiro atoms. The third kappa shape index (κ3) is 3.42. The van der Waals surface area contributed by atoms with E-state index in [1.165, 1.54) is 4.90 Å². The van der Waals surface area contributed by atoms with Gasteiger partial charge in [-0.25, -0.2) is 4.79 Å². The normalized spacial score (nSPS) is 9.69. The molecule has 0 aromatic heterocycles. The summed E-state index contributed by atoms with van der Waals surface area (Å²) in [5.41, 5.74) is 3.04. The van der Waals surface area contributed by atoms with E-state index < -0.39 is 0 Å². The minimum Gasteiger partial charge on any atom is -0.445 e. The Hall–Kier alpha value is -1.77. The Morgan fingerprint density at radius 2 is 2.12 bits per heavy atom. The van der Waals surface area contributed by atoms with Crippen molar-refractivity contribution in [3.63, 3.8) is 0 Å². The summed E-state index contributed by atoms with van der Waals surface area (Å²) in [5, 5.41) is 0. The Morgan fingerprint density at radius 1 is 1.44 bits per heavy atom. The molecule has 16 heavy (non-hydrogen) atoms. The summed E-state index contributed by atoms with van der Waals surface area (Å²) >= 11 is 0. The lowest BCUT2D eigenvalue weighted by molar-refractivity contribution is 0.112. The second-order valence-electron chi connectivity index (χ2n) is 3.93. The standard InChI is InChI=1S/C13H17NO2/c1-10(2)12-7-5-6-11(8-12)9-16-13(15)14(3)4/h5-8H,1,9H2,2-4H3. The van der Waals surface area contributed by atoms with Crippen LogP contribution in [0.5, 0.6) is 0 Å². The predicted octanol–water partition coefficient (Wildman–Crippen LogP) is 2.92. The van der Waals surface area contributed by atoms with Crippen LogP contribution in [0.25, 0.3) is 5.57 Å². The lowest BCUT2D eigenvalue weighted by Gasteiger charge is -2.11. The summed E-state index contributed by atoms with van der Waals surface area (Å²) in [6.07, 6.45) is -0.333. The molecule has 0 saturated heterocycles. The molecule has 1 aromatic rings. The first-order valence-corrected chi connectivity index (χ1v) is 5.09. The van der Waals surface area contributed by atoms with E-state index in [1.54, 1.807) is 14.1 Å². The first-order chi connectivity index (χ1) is 7.50. The van der Waals surface area contributed by atoms with Crippen LogP contribution in [0.3, 0.4) is 0 Å². The maximum atomic E-state index is 11.2. The Kier molecular flexibility index (Phi) is 4.11. The van der Waals surface area contributed by atoms with E-state index in [0.717, 1.165) is 16.7 Å². The van der Waals surface area contributed by atoms with E-state index in [0.29, 0.717) is 0 Å². The smallest absolute Gasteiger partial charge is 0.409 e. The van der Waals surface area contributed by atoms with Crippen molar-refractivity contribution in [2.24, 2.45) is 0 Å². The molecule has 3 heteroatoms. The van der Waals surface area contributed by atoms with Crippen LogP contribution in [0.2, 0.25) is 0 Å². The van der Waals surface area contributed by atoms with Gasteiger partial charge >= 0.3 is 6.09 Å². The molecule has 0 unspecified atom stereocenters. The highest BCUT2D eigenvalue weighted by Crippen LogP contribution is 2.14. The van der Waals surface area contributed by atoms with Crippen LogP contribution < -0.4 is 0 Å². The van der Waals surface area contributed by atoms with Gasteiger partial charge in [0.2, 0.25) is 0 Å². The van der Waals surface area contributed by atoms with Crippen molar-refractivity contribution in [3.8, 4) is 0 Å². The quantitative estimate of drug-likeness (QED) is 0.782. The van der Waals surface area contributed by atoms with Crippen LogP contribution in [0.1, 0.15) is 18.1 Å². The van der Waals surface area contributed by atoms with Gasteiger partial charge in [-0.15, -0.1) is 0 Å². The number of benzene rings is 1. The molecule has 1 aromatic carbocycles. The fourth-order valence-corrected chi connectivity index (χ4v) is 1.20. The van der Waals surface area contributed by atoms with Gasteiger partial charge in [0.15, 0.2) is 0 Å². The monoisotopic (exact) mass is 219 g/mol. The third-order valence-electron chi connectivity index (χ3n) is 2.15. The average molecular weight is 219 g/mol. The zero-order valence-electron chi connectivity index (χ0n) is 9.99. The Bertz CT molecular complexity index is 397. The van der Waals surface area contributed by atoms with Crippen molar-refractivity contribution in [1.29, 1.82) is 0 Å². The summed E-state index contributed by atoms with van der Waals surface area (Å²) in [6, 6.07) is 7.82. The van der Waals surface area contributed by atoms with Gasteiger partial charge in [-0.3, -0.25) is 0 Å². The fourth-order valence-electron chi connectivity index (χ4n) is 1.20. The summed E-state index contributed by atoms with van der Waals surface area (Å²) in [7, 11) is 3.32. The zero-order chi connectivity index (χ0) is 12.1. The van der Waals surface area contributed by atoms with Crippen LogP contribution in [-0.4, -0.2) is 25.1 Å². The molecule has 0 atom stereocenters. The Balaban J connectivity index is 2.64. The molecular weight excluding hydrogens is 202 g/mol. The topological polar surface area (TPSA) is 29.5 Å². The highest BCUT2D eigenvalue weighted by Gasteiger charge is 2.05. The molecule has 3 nitrogen and oxygen atoms in total. The van der Waals surface area contributed by atoms with Gasteiger partial charge in [-0.1, -0.05) is 30.4 Å². The van der Waals surface area contributed by atoms with Crippen LogP contribution in [0.15, 0.2) is 30.8 Å². The van der Waals surface area contributed by atoms with Gasteiger partial charge in [0.05, 0.1) is 0 Å². The molecule has 0 aliphatic heterocycles. The number of hydrogen-bond acceptors (Lipinski definition) is 2. The molecule has 0 bridgehead atoms. The van der Waals surface area contributed by atoms with Gasteiger partial charge in [0.25, 0.3) is 0 Å². The van der Waals surface area contributed by atoms with Crippen LogP contribution in [-0.2, 0) is 11.3 Å². The third-order valence-corrected chi connectivity index (χ3v) is 2.15. The molecule has 0 aliphatic rings. The molecule has 0 saturated carbocycles. The number of nitrogens with zero attached hydrogens (tertiary/aromatic N) is 1. The summed E-state index contributed by atoms with van der Waals surface area (Å²) in [5.74, 6) is 0. The van der Waals surface area contributed by atoms with E-state index in [2.05, 4.69) is 6.58 Å².